The molecule has 18 heavy (non-hydrogen) atoms. The van der Waals surface area contributed by atoms with E-state index in [1.165, 1.54) is 0 Å². The molecule has 0 aliphatic carbocycles. The van der Waals surface area contributed by atoms with Crippen LogP contribution in [0.15, 0.2) is 34.9 Å². The lowest BCUT2D eigenvalue weighted by atomic mass is 10.1. The second-order valence-corrected chi connectivity index (χ2v) is 4.77. The average molecular weight is 309 g/mol. The highest BCUT2D eigenvalue weighted by Gasteiger charge is 2.04. The number of rotatable bonds is 5. The van der Waals surface area contributed by atoms with Crippen molar-refractivity contribution in [2.45, 2.75) is 12.8 Å². The van der Waals surface area contributed by atoms with E-state index in [0.29, 0.717) is 13.0 Å². The molecule has 94 valence electrons. The van der Waals surface area contributed by atoms with Gasteiger partial charge in [-0.05, 0) is 18.6 Å². The summed E-state index contributed by atoms with van der Waals surface area (Å²) in [6.07, 6.45) is 2.50. The fraction of sp³-hybridized carbons (Fsp3) is 0.231. The summed E-state index contributed by atoms with van der Waals surface area (Å²) in [6, 6.07) is 7.88. The van der Waals surface area contributed by atoms with E-state index in [4.69, 9.17) is 5.11 Å². The van der Waals surface area contributed by atoms with Crippen LogP contribution >= 0.6 is 15.9 Å². The molecule has 2 aromatic rings. The van der Waals surface area contributed by atoms with Gasteiger partial charge in [-0.25, -0.2) is 4.98 Å². The van der Waals surface area contributed by atoms with Crippen LogP contribution in [0.25, 0.3) is 10.8 Å². The zero-order chi connectivity index (χ0) is 13.0. The Morgan fingerprint density at radius 1 is 1.33 bits per heavy atom. The van der Waals surface area contributed by atoms with Gasteiger partial charge < -0.3 is 10.4 Å². The largest absolute Gasteiger partial charge is 0.481 e. The van der Waals surface area contributed by atoms with Gasteiger partial charge in [-0.3, -0.25) is 4.79 Å². The van der Waals surface area contributed by atoms with Crippen LogP contribution in [-0.4, -0.2) is 22.6 Å². The van der Waals surface area contributed by atoms with E-state index < -0.39 is 5.97 Å². The van der Waals surface area contributed by atoms with Gasteiger partial charge in [0.15, 0.2) is 0 Å². The summed E-state index contributed by atoms with van der Waals surface area (Å²) in [4.78, 5) is 14.7. The third-order valence-electron chi connectivity index (χ3n) is 2.61. The van der Waals surface area contributed by atoms with E-state index in [2.05, 4.69) is 26.2 Å². The minimum Gasteiger partial charge on any atom is -0.481 e. The number of carbonyl (C=O) groups is 1. The van der Waals surface area contributed by atoms with Crippen LogP contribution in [0.5, 0.6) is 0 Å². The van der Waals surface area contributed by atoms with Crippen LogP contribution in [0, 0.1) is 0 Å². The van der Waals surface area contributed by atoms with Crippen LogP contribution in [0.2, 0.25) is 0 Å². The Labute approximate surface area is 113 Å². The van der Waals surface area contributed by atoms with Gasteiger partial charge in [-0.15, -0.1) is 0 Å². The number of nitrogens with zero attached hydrogens (tertiary/aromatic N) is 1. The van der Waals surface area contributed by atoms with Crippen LogP contribution in [-0.2, 0) is 4.79 Å². The van der Waals surface area contributed by atoms with Gasteiger partial charge in [-0.2, -0.15) is 0 Å². The number of nitrogens with one attached hydrogen (secondary N) is 1. The minimum absolute atomic E-state index is 0.168. The lowest BCUT2D eigenvalue weighted by Crippen LogP contribution is -2.06. The number of carboxylic acid groups (broad SMARTS) is 1. The van der Waals surface area contributed by atoms with E-state index in [0.717, 1.165) is 21.1 Å². The molecule has 0 amide bonds. The summed E-state index contributed by atoms with van der Waals surface area (Å²) < 4.78 is 1.02. The molecule has 1 aromatic carbocycles. The highest BCUT2D eigenvalue weighted by atomic mass is 79.9. The third kappa shape index (κ3) is 2.98. The Balaban J connectivity index is 2.13. The molecule has 0 saturated carbocycles. The third-order valence-corrected chi connectivity index (χ3v) is 3.30. The normalized spacial score (nSPS) is 10.5. The molecule has 2 rings (SSSR count). The first-order chi connectivity index (χ1) is 8.68. The highest BCUT2D eigenvalue weighted by molar-refractivity contribution is 9.10. The lowest BCUT2D eigenvalue weighted by Gasteiger charge is -2.08. The Bertz CT molecular complexity index is 572. The molecule has 0 saturated heterocycles. The zero-order valence-electron chi connectivity index (χ0n) is 9.69. The van der Waals surface area contributed by atoms with Crippen molar-refractivity contribution in [3.8, 4) is 0 Å². The van der Waals surface area contributed by atoms with Crippen molar-refractivity contribution in [1.82, 2.24) is 4.98 Å². The van der Waals surface area contributed by atoms with E-state index >= 15 is 0 Å². The van der Waals surface area contributed by atoms with Gasteiger partial charge in [-0.1, -0.05) is 28.1 Å². The van der Waals surface area contributed by atoms with E-state index in [1.807, 2.05) is 24.3 Å². The smallest absolute Gasteiger partial charge is 0.303 e. The van der Waals surface area contributed by atoms with Crippen molar-refractivity contribution in [2.75, 3.05) is 11.9 Å². The van der Waals surface area contributed by atoms with E-state index in [9.17, 15) is 4.79 Å². The zero-order valence-corrected chi connectivity index (χ0v) is 11.3. The standard InChI is InChI=1S/C13H13BrN2O2/c14-11-4-1-3-10-9(11)6-8-16-13(10)15-7-2-5-12(17)18/h1,3-4,6,8H,2,5,7H2,(H,15,16)(H,17,18). The molecule has 0 bridgehead atoms. The summed E-state index contributed by atoms with van der Waals surface area (Å²) in [5, 5.41) is 13.9. The molecule has 0 aliphatic heterocycles. The summed E-state index contributed by atoms with van der Waals surface area (Å²) in [6.45, 7) is 0.602. The topological polar surface area (TPSA) is 62.2 Å². The summed E-state index contributed by atoms with van der Waals surface area (Å²) >= 11 is 3.50. The van der Waals surface area contributed by atoms with Crippen molar-refractivity contribution < 1.29 is 9.90 Å². The first-order valence-corrected chi connectivity index (χ1v) is 6.46. The molecule has 4 nitrogen and oxygen atoms in total. The second kappa shape index (κ2) is 5.82. The second-order valence-electron chi connectivity index (χ2n) is 3.92. The molecule has 0 unspecified atom stereocenters. The number of benzene rings is 1. The van der Waals surface area contributed by atoms with Gasteiger partial charge in [0.1, 0.15) is 5.82 Å². The number of fused-ring (bicyclic) bond motifs is 1. The number of hydrogen-bond donors (Lipinski definition) is 2. The molecule has 0 radical (unpaired) electrons. The van der Waals surface area contributed by atoms with E-state index in [-0.39, 0.29) is 6.42 Å². The molecule has 1 aromatic heterocycles. The van der Waals surface area contributed by atoms with Gasteiger partial charge in [0.05, 0.1) is 0 Å². The summed E-state index contributed by atoms with van der Waals surface area (Å²) in [7, 11) is 0. The lowest BCUT2D eigenvalue weighted by molar-refractivity contribution is -0.137. The van der Waals surface area contributed by atoms with Gasteiger partial charge in [0.2, 0.25) is 0 Å². The van der Waals surface area contributed by atoms with Gasteiger partial charge in [0, 0.05) is 34.4 Å². The number of aliphatic carboxylic acids is 1. The van der Waals surface area contributed by atoms with Crippen molar-refractivity contribution in [1.29, 1.82) is 0 Å². The first kappa shape index (κ1) is 12.8. The fourth-order valence-corrected chi connectivity index (χ4v) is 2.25. The number of carboxylic acids is 1. The number of anilines is 1. The van der Waals surface area contributed by atoms with Crippen LogP contribution in [0.4, 0.5) is 5.82 Å². The molecule has 1 heterocycles. The van der Waals surface area contributed by atoms with Crippen LogP contribution in [0.1, 0.15) is 12.8 Å². The molecule has 2 N–H and O–H groups in total. The van der Waals surface area contributed by atoms with Crippen LogP contribution in [0.3, 0.4) is 0 Å². The number of aromatic nitrogens is 1. The van der Waals surface area contributed by atoms with Crippen molar-refractivity contribution in [3.63, 3.8) is 0 Å². The fourth-order valence-electron chi connectivity index (χ4n) is 1.76. The molecule has 0 aliphatic rings. The maximum absolute atomic E-state index is 10.4. The Morgan fingerprint density at radius 3 is 2.94 bits per heavy atom. The maximum atomic E-state index is 10.4. The predicted molar refractivity (Wildman–Crippen MR) is 74.8 cm³/mol. The average Bonchev–Trinajstić information content (AvgIpc) is 2.35. The predicted octanol–water partition coefficient (Wildman–Crippen LogP) is 3.27. The summed E-state index contributed by atoms with van der Waals surface area (Å²) in [5.41, 5.74) is 0. The maximum Gasteiger partial charge on any atom is 0.303 e. The minimum atomic E-state index is -0.773. The van der Waals surface area contributed by atoms with Gasteiger partial charge in [0.25, 0.3) is 0 Å². The molecular formula is C13H13BrN2O2. The number of halogens is 1. The van der Waals surface area contributed by atoms with Crippen molar-refractivity contribution >= 4 is 38.5 Å². The molecule has 0 atom stereocenters. The van der Waals surface area contributed by atoms with Crippen molar-refractivity contribution in [3.05, 3.63) is 34.9 Å². The monoisotopic (exact) mass is 308 g/mol. The van der Waals surface area contributed by atoms with Gasteiger partial charge >= 0.3 is 5.97 Å². The first-order valence-electron chi connectivity index (χ1n) is 5.67. The Kier molecular flexibility index (Phi) is 4.15. The quantitative estimate of drug-likeness (QED) is 0.832. The Hall–Kier alpha value is -1.62. The highest BCUT2D eigenvalue weighted by Crippen LogP contribution is 2.27. The van der Waals surface area contributed by atoms with Crippen LogP contribution < -0.4 is 5.32 Å². The molecule has 0 fully saturated rings. The van der Waals surface area contributed by atoms with Crippen molar-refractivity contribution in [2.24, 2.45) is 0 Å². The molecular weight excluding hydrogens is 296 g/mol. The SMILES string of the molecule is O=C(O)CCCNc1nccc2c(Br)cccc12. The number of pyridine rings is 1. The molecule has 5 heteroatoms. The van der Waals surface area contributed by atoms with E-state index in [1.54, 1.807) is 6.20 Å². The Morgan fingerprint density at radius 2 is 2.17 bits per heavy atom. The molecule has 0 spiro atoms. The summed E-state index contributed by atoms with van der Waals surface area (Å²) in [5.74, 6) is 0.0182. The number of hydrogen-bond acceptors (Lipinski definition) is 3.